The molecule has 1 heterocycles. The molecule has 0 saturated heterocycles. The first-order valence-corrected chi connectivity index (χ1v) is 23.7. The second kappa shape index (κ2) is 25.9. The number of halogens is 1. The third-order valence-electron chi connectivity index (χ3n) is 11.5. The highest BCUT2D eigenvalue weighted by Gasteiger charge is 2.40. The minimum atomic E-state index is -1.56. The van der Waals surface area contributed by atoms with E-state index in [9.17, 15) is 33.6 Å². The van der Waals surface area contributed by atoms with E-state index in [0.29, 0.717) is 22.9 Å². The Morgan fingerprint density at radius 1 is 0.984 bits per heavy atom. The highest BCUT2D eigenvalue weighted by atomic mass is 35.5. The van der Waals surface area contributed by atoms with Crippen LogP contribution in [-0.2, 0) is 54.2 Å². The van der Waals surface area contributed by atoms with Gasteiger partial charge in [0.05, 0.1) is 18.6 Å². The fourth-order valence-corrected chi connectivity index (χ4v) is 7.47. The molecule has 1 aliphatic heterocycles. The number of esters is 2. The maximum atomic E-state index is 14.3. The number of benzene rings is 1. The van der Waals surface area contributed by atoms with Crippen LogP contribution >= 0.6 is 23.4 Å². The van der Waals surface area contributed by atoms with Crippen LogP contribution in [0.25, 0.3) is 0 Å². The number of nitrogens with one attached hydrogen (secondary N) is 3. The average molecular weight is 935 g/mol. The number of ether oxygens (including phenoxy) is 3. The van der Waals surface area contributed by atoms with Gasteiger partial charge in [-0.2, -0.15) is 0 Å². The Hall–Kier alpha value is -4.41. The van der Waals surface area contributed by atoms with Gasteiger partial charge < -0.3 is 40.0 Å². The summed E-state index contributed by atoms with van der Waals surface area (Å²) in [4.78, 5) is 99.9. The van der Waals surface area contributed by atoms with Crippen molar-refractivity contribution in [3.63, 3.8) is 0 Å². The van der Waals surface area contributed by atoms with Crippen molar-refractivity contribution in [1.82, 2.24) is 25.8 Å². The molecule has 2 rings (SSSR count). The van der Waals surface area contributed by atoms with Gasteiger partial charge in [-0.1, -0.05) is 76.9 Å². The number of thioether (sulfide) groups is 1. The van der Waals surface area contributed by atoms with Crippen LogP contribution in [0.3, 0.4) is 0 Å². The average Bonchev–Trinajstić information content (AvgIpc) is 3.24. The Balaban J connectivity index is 2.73. The van der Waals surface area contributed by atoms with Gasteiger partial charge in [-0.05, 0) is 95.7 Å². The van der Waals surface area contributed by atoms with Crippen LogP contribution in [0.5, 0.6) is 0 Å². The molecule has 5 amide bonds. The number of allylic oxidation sites excluding steroid dienone is 1. The van der Waals surface area contributed by atoms with E-state index in [1.807, 2.05) is 53.9 Å². The first kappa shape index (κ1) is 55.7. The van der Waals surface area contributed by atoms with Crippen LogP contribution < -0.4 is 16.0 Å². The van der Waals surface area contributed by atoms with Crippen molar-refractivity contribution in [3.05, 3.63) is 58.1 Å². The zero-order valence-corrected chi connectivity index (χ0v) is 41.7. The quantitative estimate of drug-likeness (QED) is 0.150. The van der Waals surface area contributed by atoms with Gasteiger partial charge >= 0.3 is 11.9 Å². The summed E-state index contributed by atoms with van der Waals surface area (Å²) in [5.74, 6) is -5.25. The lowest BCUT2D eigenvalue weighted by Gasteiger charge is -2.35. The van der Waals surface area contributed by atoms with E-state index in [0.717, 1.165) is 10.5 Å². The monoisotopic (exact) mass is 933 g/mol. The van der Waals surface area contributed by atoms with Crippen LogP contribution in [0.4, 0.5) is 0 Å². The van der Waals surface area contributed by atoms with Gasteiger partial charge in [-0.3, -0.25) is 24.0 Å². The maximum Gasteiger partial charge on any atom is 0.334 e. The summed E-state index contributed by atoms with van der Waals surface area (Å²) in [5, 5.41) is 8.72. The Morgan fingerprint density at radius 2 is 1.61 bits per heavy atom. The molecule has 1 aliphatic rings. The number of rotatable bonds is 10. The molecule has 1 aromatic carbocycles. The molecule has 0 aromatic heterocycles. The summed E-state index contributed by atoms with van der Waals surface area (Å²) >= 11 is 7.59. The van der Waals surface area contributed by atoms with Crippen molar-refractivity contribution in [2.24, 2.45) is 17.8 Å². The van der Waals surface area contributed by atoms with Crippen molar-refractivity contribution in [2.45, 2.75) is 144 Å². The highest BCUT2D eigenvalue weighted by molar-refractivity contribution is 7.98. The van der Waals surface area contributed by atoms with Crippen LogP contribution in [0.2, 0.25) is 5.02 Å². The number of hydrogen-bond acceptors (Lipinski definition) is 11. The third kappa shape index (κ3) is 16.5. The molecule has 0 spiro atoms. The summed E-state index contributed by atoms with van der Waals surface area (Å²) in [6.07, 6.45) is 3.65. The van der Waals surface area contributed by atoms with Crippen LogP contribution in [0.15, 0.2) is 47.6 Å². The van der Waals surface area contributed by atoms with Gasteiger partial charge in [-0.25, -0.2) is 9.59 Å². The second-order valence-electron chi connectivity index (χ2n) is 17.7. The topological polar surface area (TPSA) is 190 Å². The first-order valence-electron chi connectivity index (χ1n) is 21.9. The van der Waals surface area contributed by atoms with Gasteiger partial charge in [0.1, 0.15) is 29.8 Å². The summed E-state index contributed by atoms with van der Waals surface area (Å²) in [6, 6.07) is 3.34. The molecular weight excluding hydrogens is 862 g/mol. The number of cyclic esters (lactones) is 2. The molecule has 0 bridgehead atoms. The number of likely N-dealkylation sites (N-methyl/N-ethyl adjacent to an activating group) is 2. The Kier molecular flexibility index (Phi) is 22.6. The molecule has 0 fully saturated rings. The summed E-state index contributed by atoms with van der Waals surface area (Å²) in [7, 11) is 2.84. The van der Waals surface area contributed by atoms with Crippen molar-refractivity contribution in [3.8, 4) is 0 Å². The molecule has 8 atom stereocenters. The summed E-state index contributed by atoms with van der Waals surface area (Å²) < 4.78 is 18.2. The van der Waals surface area contributed by atoms with Gasteiger partial charge in [0, 0.05) is 37.0 Å². The van der Waals surface area contributed by atoms with E-state index in [1.54, 1.807) is 44.2 Å². The fourth-order valence-electron chi connectivity index (χ4n) is 7.03. The van der Waals surface area contributed by atoms with Crippen molar-refractivity contribution >= 4 is 64.8 Å². The maximum absolute atomic E-state index is 14.3. The lowest BCUT2D eigenvalue weighted by atomic mass is 9.90. The number of nitrogens with zero attached hydrogens (tertiary/aromatic N) is 2. The Morgan fingerprint density at radius 3 is 2.17 bits per heavy atom. The molecule has 0 radical (unpaired) electrons. The lowest BCUT2D eigenvalue weighted by molar-refractivity contribution is -0.160. The first-order chi connectivity index (χ1) is 29.9. The molecule has 0 saturated carbocycles. The van der Waals surface area contributed by atoms with E-state index >= 15 is 0 Å². The molecule has 0 unspecified atom stereocenters. The number of carbonyl (C=O) groups is 7. The minimum absolute atomic E-state index is 0.0313. The molecule has 1 aromatic rings. The lowest BCUT2D eigenvalue weighted by Crippen LogP contribution is -2.60. The molecular formula is C47H72ClN5O10S. The molecule has 358 valence electrons. The van der Waals surface area contributed by atoms with Gasteiger partial charge in [0.2, 0.25) is 23.6 Å². The smallest absolute Gasteiger partial charge is 0.334 e. The summed E-state index contributed by atoms with van der Waals surface area (Å²) in [5.41, 5.74) is 0.0546. The standard InChI is InChI=1S/C47H72ClN5O10S/c1-15-28(5)39-42(56)51-47(10,11)46(60)63-40(29(6)16-2)31(8)36(61-26-64-14)22-17-30(7)45(59)62-37(23-27(3)4)41(55)49-32(9)43(57)53(13)35(24-33-18-20-34(48)21-19-33)44(58)52(12)25-38(54)50-39/h16-21,27-28,31-32,35-37,39-40H,15,22-26H2,1-14H3,(H,49,55)(H,50,54)(H,51,56)/b29-16+,30-17+/t28-,31+,32+,35-,36+,37-,39+,40-/m1/s1. The third-order valence-corrected chi connectivity index (χ3v) is 12.1. The van der Waals surface area contributed by atoms with Gasteiger partial charge in [0.25, 0.3) is 5.91 Å². The predicted octanol–water partition coefficient (Wildman–Crippen LogP) is 5.63. The highest BCUT2D eigenvalue weighted by Crippen LogP contribution is 2.27. The van der Waals surface area contributed by atoms with Gasteiger partial charge in [0.15, 0.2) is 6.10 Å². The summed E-state index contributed by atoms with van der Waals surface area (Å²) in [6.45, 7) is 18.5. The zero-order valence-electron chi connectivity index (χ0n) is 40.2. The molecule has 0 aliphatic carbocycles. The van der Waals surface area contributed by atoms with E-state index < -0.39 is 95.9 Å². The van der Waals surface area contributed by atoms with E-state index in [1.165, 1.54) is 51.5 Å². The molecule has 3 N–H and O–H groups in total. The van der Waals surface area contributed by atoms with Crippen molar-refractivity contribution in [1.29, 1.82) is 0 Å². The van der Waals surface area contributed by atoms with Crippen molar-refractivity contribution in [2.75, 3.05) is 32.8 Å². The van der Waals surface area contributed by atoms with E-state index in [2.05, 4.69) is 16.0 Å². The molecule has 15 nitrogen and oxygen atoms in total. The van der Waals surface area contributed by atoms with Gasteiger partial charge in [-0.15, -0.1) is 11.8 Å². The normalized spacial score (nSPS) is 27.2. The predicted molar refractivity (Wildman–Crippen MR) is 250 cm³/mol. The largest absolute Gasteiger partial charge is 0.456 e. The van der Waals surface area contributed by atoms with Crippen LogP contribution in [0.1, 0.15) is 101 Å². The SMILES string of the molecule is C/C=C(\C)[C@H]1OC(=O)C(C)(C)NC(=O)[C@H]([C@H](C)CC)NC(=O)CN(C)C(=O)[C@@H](Cc2ccc(Cl)cc2)N(C)C(=O)[C@H](C)NC(=O)[C@@H](CC(C)C)OC(=O)/C(C)=C/C[C@H](OCSC)[C@@H]1C. The number of amides is 5. The van der Waals surface area contributed by atoms with E-state index in [-0.39, 0.29) is 36.7 Å². The van der Waals surface area contributed by atoms with Crippen LogP contribution in [0, 0.1) is 17.8 Å². The minimum Gasteiger partial charge on any atom is -0.456 e. The zero-order chi connectivity index (χ0) is 48.6. The number of hydrogen-bond donors (Lipinski definition) is 3. The second-order valence-corrected chi connectivity index (χ2v) is 19.0. The van der Waals surface area contributed by atoms with Crippen LogP contribution in [-0.4, -0.2) is 126 Å². The number of carbonyl (C=O) groups excluding carboxylic acids is 7. The molecule has 64 heavy (non-hydrogen) atoms. The Bertz CT molecular complexity index is 1850. The molecule has 17 heteroatoms. The van der Waals surface area contributed by atoms with Crippen molar-refractivity contribution < 1.29 is 47.8 Å². The Labute approximate surface area is 389 Å². The fraction of sp³-hybridized carbons (Fsp3) is 0.638. The van der Waals surface area contributed by atoms with E-state index in [4.69, 9.17) is 25.8 Å².